The van der Waals surface area contributed by atoms with E-state index in [9.17, 15) is 18.0 Å². The Morgan fingerprint density at radius 3 is 2.75 bits per heavy atom. The molecule has 1 amide bonds. The van der Waals surface area contributed by atoms with Gasteiger partial charge in [0.1, 0.15) is 10.6 Å². The smallest absolute Gasteiger partial charge is 0.311 e. The summed E-state index contributed by atoms with van der Waals surface area (Å²) < 4.78 is 38.6. The van der Waals surface area contributed by atoms with Crippen LogP contribution in [-0.2, 0) is 32.4 Å². The van der Waals surface area contributed by atoms with E-state index in [1.165, 1.54) is 34.9 Å². The van der Waals surface area contributed by atoms with Crippen LogP contribution in [0.2, 0.25) is 5.02 Å². The van der Waals surface area contributed by atoms with Gasteiger partial charge in [0.25, 0.3) is 15.9 Å². The molecule has 0 unspecified atom stereocenters. The largest absolute Gasteiger partial charge is 0.495 e. The molecule has 4 rings (SSSR count). The van der Waals surface area contributed by atoms with Gasteiger partial charge in [-0.05, 0) is 61.7 Å². The van der Waals surface area contributed by atoms with Crippen LogP contribution in [0, 0.1) is 6.92 Å². The molecule has 0 saturated heterocycles. The van der Waals surface area contributed by atoms with E-state index in [0.29, 0.717) is 22.9 Å². The predicted octanol–water partition coefficient (Wildman–Crippen LogP) is 4.22. The molecule has 0 bridgehead atoms. The minimum atomic E-state index is -4.01. The van der Waals surface area contributed by atoms with Gasteiger partial charge in [-0.15, -0.1) is 11.3 Å². The summed E-state index contributed by atoms with van der Waals surface area (Å²) in [6.07, 6.45) is 0.521. The molecule has 3 aromatic rings. The number of fused-ring (bicyclic) bond motifs is 1. The van der Waals surface area contributed by atoms with E-state index in [2.05, 4.69) is 10.3 Å². The molecule has 1 N–H and O–H groups in total. The van der Waals surface area contributed by atoms with Gasteiger partial charge in [-0.1, -0.05) is 11.6 Å². The molecule has 0 aliphatic carbocycles. The van der Waals surface area contributed by atoms with E-state index < -0.39 is 21.9 Å². The maximum atomic E-state index is 13.6. The number of nitrogens with one attached hydrogen (secondary N) is 1. The number of thiazole rings is 1. The van der Waals surface area contributed by atoms with E-state index in [1.807, 2.05) is 6.92 Å². The van der Waals surface area contributed by atoms with Gasteiger partial charge in [0.15, 0.2) is 5.13 Å². The lowest BCUT2D eigenvalue weighted by molar-refractivity contribution is -0.142. The summed E-state index contributed by atoms with van der Waals surface area (Å²) in [5.74, 6) is -0.657. The lowest BCUT2D eigenvalue weighted by atomic mass is 10.0. The highest BCUT2D eigenvalue weighted by atomic mass is 35.5. The second-order valence-corrected chi connectivity index (χ2v) is 11.1. The molecule has 9 nitrogen and oxygen atoms in total. The minimum Gasteiger partial charge on any atom is -0.495 e. The number of aryl methyl sites for hydroxylation is 1. The summed E-state index contributed by atoms with van der Waals surface area (Å²) in [5, 5.41) is 4.99. The number of hydrogen-bond acceptors (Lipinski definition) is 8. The molecule has 0 radical (unpaired) electrons. The van der Waals surface area contributed by atoms with Crippen molar-refractivity contribution < 1.29 is 27.5 Å². The number of hydrogen-bond donors (Lipinski definition) is 1. The zero-order chi connectivity index (χ0) is 26.0. The Bertz CT molecular complexity index is 1440. The third kappa shape index (κ3) is 5.18. The number of halogens is 1. The van der Waals surface area contributed by atoms with Crippen LogP contribution < -0.4 is 14.4 Å². The SMILES string of the molecule is CCOC(=O)Cc1csc(NC(=O)c2cc(C)c3c(c2)N(S(=O)(=O)c2cc(Cl)ccc2OC)CC3)n1. The number of sulfonamides is 1. The van der Waals surface area contributed by atoms with Crippen molar-refractivity contribution in [2.75, 3.05) is 29.9 Å². The van der Waals surface area contributed by atoms with Crippen LogP contribution in [0.15, 0.2) is 40.6 Å². The van der Waals surface area contributed by atoms with Crippen molar-refractivity contribution in [3.8, 4) is 5.75 Å². The maximum Gasteiger partial charge on any atom is 0.311 e. The number of anilines is 2. The topological polar surface area (TPSA) is 115 Å². The fourth-order valence-corrected chi connectivity index (χ4v) is 6.62. The molecule has 36 heavy (non-hydrogen) atoms. The molecule has 2 aromatic carbocycles. The Hall–Kier alpha value is -3.15. The quantitative estimate of drug-likeness (QED) is 0.418. The van der Waals surface area contributed by atoms with Gasteiger partial charge in [-0.25, -0.2) is 13.4 Å². The van der Waals surface area contributed by atoms with Gasteiger partial charge < -0.3 is 9.47 Å². The molecule has 1 aliphatic rings. The highest BCUT2D eigenvalue weighted by molar-refractivity contribution is 7.93. The molecular formula is C24H24ClN3O6S2. The summed E-state index contributed by atoms with van der Waals surface area (Å²) in [6, 6.07) is 7.70. The zero-order valence-corrected chi connectivity index (χ0v) is 22.2. The Morgan fingerprint density at radius 2 is 2.03 bits per heavy atom. The van der Waals surface area contributed by atoms with E-state index in [1.54, 1.807) is 30.5 Å². The van der Waals surface area contributed by atoms with Crippen molar-refractivity contribution in [2.45, 2.75) is 31.6 Å². The number of aromatic nitrogens is 1. The number of benzene rings is 2. The van der Waals surface area contributed by atoms with Crippen molar-refractivity contribution in [2.24, 2.45) is 0 Å². The first-order valence-corrected chi connectivity index (χ1v) is 13.7. The van der Waals surface area contributed by atoms with Crippen molar-refractivity contribution in [1.82, 2.24) is 4.98 Å². The molecule has 190 valence electrons. The second kappa shape index (κ2) is 10.5. The van der Waals surface area contributed by atoms with Gasteiger partial charge in [0.2, 0.25) is 0 Å². The zero-order valence-electron chi connectivity index (χ0n) is 19.8. The second-order valence-electron chi connectivity index (χ2n) is 7.99. The molecule has 0 atom stereocenters. The molecule has 2 heterocycles. The van der Waals surface area contributed by atoms with Gasteiger partial charge in [0, 0.05) is 22.5 Å². The van der Waals surface area contributed by atoms with Crippen LogP contribution in [0.3, 0.4) is 0 Å². The minimum absolute atomic E-state index is 0.0119. The molecule has 12 heteroatoms. The average Bonchev–Trinajstić information content (AvgIpc) is 3.46. The number of carbonyl (C=O) groups excluding carboxylic acids is 2. The first-order valence-electron chi connectivity index (χ1n) is 11.0. The Labute approximate surface area is 218 Å². The third-order valence-corrected chi connectivity index (χ3v) is 8.52. The Morgan fingerprint density at radius 1 is 1.25 bits per heavy atom. The van der Waals surface area contributed by atoms with E-state index >= 15 is 0 Å². The summed E-state index contributed by atoms with van der Waals surface area (Å²) in [5.41, 5.74) is 2.86. The number of esters is 1. The Balaban J connectivity index is 1.61. The predicted molar refractivity (Wildman–Crippen MR) is 138 cm³/mol. The molecule has 0 spiro atoms. The lowest BCUT2D eigenvalue weighted by Gasteiger charge is -2.22. The number of methoxy groups -OCH3 is 1. The summed E-state index contributed by atoms with van der Waals surface area (Å²) in [6.45, 7) is 4.07. The average molecular weight is 550 g/mol. The number of amides is 1. The highest BCUT2D eigenvalue weighted by Crippen LogP contribution is 2.39. The number of rotatable bonds is 8. The fraction of sp³-hybridized carbons (Fsp3) is 0.292. The van der Waals surface area contributed by atoms with E-state index in [0.717, 1.165) is 11.1 Å². The van der Waals surface area contributed by atoms with Crippen molar-refractivity contribution in [3.63, 3.8) is 0 Å². The fourth-order valence-electron chi connectivity index (χ4n) is 4.01. The highest BCUT2D eigenvalue weighted by Gasteiger charge is 2.34. The number of ether oxygens (including phenoxy) is 2. The molecular weight excluding hydrogens is 526 g/mol. The summed E-state index contributed by atoms with van der Waals surface area (Å²) in [4.78, 5) is 28.9. The molecule has 0 fully saturated rings. The van der Waals surface area contributed by atoms with Gasteiger partial charge in [-0.3, -0.25) is 19.2 Å². The van der Waals surface area contributed by atoms with Crippen LogP contribution in [0.1, 0.15) is 34.1 Å². The van der Waals surface area contributed by atoms with Crippen LogP contribution in [-0.4, -0.2) is 45.5 Å². The lowest BCUT2D eigenvalue weighted by Crippen LogP contribution is -2.29. The summed E-state index contributed by atoms with van der Waals surface area (Å²) in [7, 11) is -2.62. The normalized spacial score (nSPS) is 12.8. The third-order valence-electron chi connectivity index (χ3n) is 5.64. The molecule has 0 saturated carbocycles. The van der Waals surface area contributed by atoms with E-state index in [4.69, 9.17) is 21.1 Å². The van der Waals surface area contributed by atoms with Crippen LogP contribution in [0.5, 0.6) is 5.75 Å². The summed E-state index contributed by atoms with van der Waals surface area (Å²) >= 11 is 7.27. The van der Waals surface area contributed by atoms with Crippen LogP contribution in [0.25, 0.3) is 0 Å². The first-order chi connectivity index (χ1) is 17.1. The maximum absolute atomic E-state index is 13.6. The monoisotopic (exact) mass is 549 g/mol. The number of carbonyl (C=O) groups is 2. The van der Waals surface area contributed by atoms with Gasteiger partial charge in [0.05, 0.1) is 31.5 Å². The standard InChI is InChI=1S/C24H24ClN3O6S2/c1-4-34-22(29)12-17-13-35-24(26-17)27-23(30)15-9-14(2)18-7-8-28(19(18)10-15)36(31,32)21-11-16(25)5-6-20(21)33-3/h5-6,9-11,13H,4,7-8,12H2,1-3H3,(H,26,27,30). The molecule has 1 aromatic heterocycles. The molecule has 1 aliphatic heterocycles. The first kappa shape index (κ1) is 25.9. The van der Waals surface area contributed by atoms with Gasteiger partial charge in [-0.2, -0.15) is 0 Å². The van der Waals surface area contributed by atoms with Crippen molar-refractivity contribution >= 4 is 55.7 Å². The Kier molecular flexibility index (Phi) is 7.53. The van der Waals surface area contributed by atoms with Crippen molar-refractivity contribution in [3.05, 3.63) is 63.1 Å². The van der Waals surface area contributed by atoms with Crippen LogP contribution in [0.4, 0.5) is 10.8 Å². The van der Waals surface area contributed by atoms with Crippen LogP contribution >= 0.6 is 22.9 Å². The number of nitrogens with zero attached hydrogens (tertiary/aromatic N) is 2. The van der Waals surface area contributed by atoms with E-state index in [-0.39, 0.29) is 40.8 Å². The van der Waals surface area contributed by atoms with Gasteiger partial charge >= 0.3 is 5.97 Å². The van der Waals surface area contributed by atoms with Crippen molar-refractivity contribution in [1.29, 1.82) is 0 Å².